The minimum atomic E-state index is -3.89. The first-order chi connectivity index (χ1) is 9.54. The van der Waals surface area contributed by atoms with E-state index in [1.165, 1.54) is 0 Å². The molecular weight excluding hydrogens is 322 g/mol. The molecule has 0 amide bonds. The van der Waals surface area contributed by atoms with Gasteiger partial charge in [0.1, 0.15) is 0 Å². The Morgan fingerprint density at radius 2 is 1.62 bits per heavy atom. The highest BCUT2D eigenvalue weighted by atomic mass is 32.2. The quantitative estimate of drug-likeness (QED) is 0.592. The van der Waals surface area contributed by atoms with E-state index in [-0.39, 0.29) is 22.8 Å². The fourth-order valence-electron chi connectivity index (χ4n) is 1.40. The minimum Gasteiger partial charge on any atom is -0.479 e. The van der Waals surface area contributed by atoms with E-state index >= 15 is 0 Å². The highest BCUT2D eigenvalue weighted by Crippen LogP contribution is 2.14. The molecule has 8 nitrogen and oxygen atoms in total. The van der Waals surface area contributed by atoms with Crippen LogP contribution in [0.4, 0.5) is 0 Å². The van der Waals surface area contributed by atoms with Gasteiger partial charge in [0.2, 0.25) is 10.0 Å². The fourth-order valence-corrected chi connectivity index (χ4v) is 3.08. The number of hydrogen-bond acceptors (Lipinski definition) is 6. The second-order valence-electron chi connectivity index (χ2n) is 4.28. The van der Waals surface area contributed by atoms with Gasteiger partial charge in [-0.1, -0.05) is 0 Å². The molecule has 1 rings (SSSR count). The van der Waals surface area contributed by atoms with Crippen LogP contribution in [0.2, 0.25) is 0 Å². The Hall–Kier alpha value is -1.49. The molecule has 0 aliphatic carbocycles. The van der Waals surface area contributed by atoms with Gasteiger partial charge in [-0.15, -0.1) is 0 Å². The van der Waals surface area contributed by atoms with Crippen LogP contribution >= 0.6 is 0 Å². The number of aliphatic hydroxyl groups is 1. The number of aliphatic carboxylic acids is 1. The van der Waals surface area contributed by atoms with E-state index in [9.17, 15) is 21.6 Å². The number of carboxylic acids is 1. The molecule has 0 aliphatic heterocycles. The van der Waals surface area contributed by atoms with Crippen molar-refractivity contribution in [3.63, 3.8) is 0 Å². The van der Waals surface area contributed by atoms with Gasteiger partial charge in [0.05, 0.1) is 9.79 Å². The standard InChI is InChI=1S/C11H15NO7S2/c1-20(16,17)8-2-4-9(5-3-8)21(18,19)12-7-6-10(13)11(14)15/h2-5,10,12-13H,6-7H2,1H3,(H,14,15). The van der Waals surface area contributed by atoms with Crippen LogP contribution in [0, 0.1) is 0 Å². The van der Waals surface area contributed by atoms with Crippen molar-refractivity contribution < 1.29 is 31.8 Å². The first kappa shape index (κ1) is 17.6. The summed E-state index contributed by atoms with van der Waals surface area (Å²) < 4.78 is 48.3. The van der Waals surface area contributed by atoms with E-state index in [1.807, 2.05) is 0 Å². The number of sulfone groups is 1. The maximum absolute atomic E-state index is 11.9. The van der Waals surface area contributed by atoms with Gasteiger partial charge in [-0.05, 0) is 30.7 Å². The molecule has 0 aliphatic rings. The summed E-state index contributed by atoms with van der Waals surface area (Å²) in [5.74, 6) is -1.44. The first-order valence-corrected chi connectivity index (χ1v) is 9.12. The second kappa shape index (κ2) is 6.52. The highest BCUT2D eigenvalue weighted by Gasteiger charge is 2.18. The second-order valence-corrected chi connectivity index (χ2v) is 8.07. The molecule has 0 heterocycles. The number of carboxylic acid groups (broad SMARTS) is 1. The van der Waals surface area contributed by atoms with Crippen molar-refractivity contribution in [3.8, 4) is 0 Å². The summed E-state index contributed by atoms with van der Waals surface area (Å²) in [7, 11) is -7.31. The number of carbonyl (C=O) groups is 1. The third kappa shape index (κ3) is 5.08. The van der Waals surface area contributed by atoms with Crippen LogP contribution in [0.1, 0.15) is 6.42 Å². The summed E-state index contributed by atoms with van der Waals surface area (Å²) in [4.78, 5) is 10.2. The number of sulfonamides is 1. The van der Waals surface area contributed by atoms with E-state index in [2.05, 4.69) is 4.72 Å². The highest BCUT2D eigenvalue weighted by molar-refractivity contribution is 7.90. The SMILES string of the molecule is CS(=O)(=O)c1ccc(S(=O)(=O)NCCC(O)C(=O)O)cc1. The molecular formula is C11H15NO7S2. The summed E-state index contributed by atoms with van der Waals surface area (Å²) in [6.07, 6.45) is -0.932. The van der Waals surface area contributed by atoms with Gasteiger partial charge in [0, 0.05) is 12.8 Å². The van der Waals surface area contributed by atoms with Gasteiger partial charge in [-0.3, -0.25) is 0 Å². The molecule has 1 aromatic carbocycles. The monoisotopic (exact) mass is 337 g/mol. The van der Waals surface area contributed by atoms with Crippen molar-refractivity contribution in [3.05, 3.63) is 24.3 Å². The Balaban J connectivity index is 2.77. The van der Waals surface area contributed by atoms with Gasteiger partial charge in [0.25, 0.3) is 0 Å². The lowest BCUT2D eigenvalue weighted by atomic mass is 10.3. The molecule has 1 aromatic rings. The first-order valence-electron chi connectivity index (χ1n) is 5.75. The Kier molecular flexibility index (Phi) is 5.45. The summed E-state index contributed by atoms with van der Waals surface area (Å²) in [5.41, 5.74) is 0. The normalized spacial score (nSPS) is 13.8. The minimum absolute atomic E-state index is 0.0113. The Morgan fingerprint density at radius 1 is 1.14 bits per heavy atom. The molecule has 10 heteroatoms. The molecule has 21 heavy (non-hydrogen) atoms. The van der Waals surface area contributed by atoms with Crippen molar-refractivity contribution in [2.75, 3.05) is 12.8 Å². The molecule has 118 valence electrons. The van der Waals surface area contributed by atoms with Gasteiger partial charge in [-0.2, -0.15) is 0 Å². The Labute approximate surface area is 122 Å². The number of benzene rings is 1. The van der Waals surface area contributed by atoms with Crippen LogP contribution in [-0.2, 0) is 24.7 Å². The van der Waals surface area contributed by atoms with E-state index < -0.39 is 31.9 Å². The van der Waals surface area contributed by atoms with Gasteiger partial charge >= 0.3 is 5.97 Å². The van der Waals surface area contributed by atoms with Crippen LogP contribution < -0.4 is 4.72 Å². The molecule has 0 aromatic heterocycles. The van der Waals surface area contributed by atoms with Crippen molar-refractivity contribution >= 4 is 25.8 Å². The summed E-state index contributed by atoms with van der Waals surface area (Å²) >= 11 is 0. The lowest BCUT2D eigenvalue weighted by Crippen LogP contribution is -2.30. The number of aliphatic hydroxyl groups excluding tert-OH is 1. The summed E-state index contributed by atoms with van der Waals surface area (Å²) in [6, 6.07) is 4.59. The number of hydrogen-bond donors (Lipinski definition) is 3. The molecule has 1 unspecified atom stereocenters. The van der Waals surface area contributed by atoms with Gasteiger partial charge in [-0.25, -0.2) is 26.4 Å². The predicted octanol–water partition coefficient (Wildman–Crippen LogP) is -0.796. The summed E-state index contributed by atoms with van der Waals surface area (Å²) in [5, 5.41) is 17.5. The lowest BCUT2D eigenvalue weighted by Gasteiger charge is -2.08. The smallest absolute Gasteiger partial charge is 0.332 e. The average Bonchev–Trinajstić information content (AvgIpc) is 2.37. The van der Waals surface area contributed by atoms with Crippen molar-refractivity contribution in [1.29, 1.82) is 0 Å². The molecule has 0 bridgehead atoms. The predicted molar refractivity (Wildman–Crippen MR) is 73.0 cm³/mol. The topological polar surface area (TPSA) is 138 Å². The average molecular weight is 337 g/mol. The largest absolute Gasteiger partial charge is 0.479 e. The zero-order valence-electron chi connectivity index (χ0n) is 11.1. The Bertz CT molecular complexity index is 707. The molecule has 0 radical (unpaired) electrons. The van der Waals surface area contributed by atoms with E-state index in [0.717, 1.165) is 30.5 Å². The number of rotatable bonds is 7. The lowest BCUT2D eigenvalue weighted by molar-refractivity contribution is -0.146. The number of nitrogens with one attached hydrogen (secondary N) is 1. The van der Waals surface area contributed by atoms with Crippen molar-refractivity contribution in [1.82, 2.24) is 4.72 Å². The van der Waals surface area contributed by atoms with Crippen LogP contribution in [0.25, 0.3) is 0 Å². The van der Waals surface area contributed by atoms with Gasteiger partial charge in [0.15, 0.2) is 15.9 Å². The van der Waals surface area contributed by atoms with Crippen molar-refractivity contribution in [2.24, 2.45) is 0 Å². The van der Waals surface area contributed by atoms with E-state index in [4.69, 9.17) is 10.2 Å². The van der Waals surface area contributed by atoms with E-state index in [0.29, 0.717) is 0 Å². The molecule has 0 saturated heterocycles. The van der Waals surface area contributed by atoms with Crippen LogP contribution in [-0.4, -0.2) is 51.9 Å². The van der Waals surface area contributed by atoms with Crippen LogP contribution in [0.15, 0.2) is 34.1 Å². The summed E-state index contributed by atoms with van der Waals surface area (Å²) in [6.45, 7) is -0.260. The van der Waals surface area contributed by atoms with Crippen LogP contribution in [0.3, 0.4) is 0 Å². The zero-order chi connectivity index (χ0) is 16.3. The fraction of sp³-hybridized carbons (Fsp3) is 0.364. The van der Waals surface area contributed by atoms with Gasteiger partial charge < -0.3 is 10.2 Å². The zero-order valence-corrected chi connectivity index (χ0v) is 12.7. The molecule has 0 fully saturated rings. The third-order valence-corrected chi connectivity index (χ3v) is 5.16. The van der Waals surface area contributed by atoms with Crippen LogP contribution in [0.5, 0.6) is 0 Å². The Morgan fingerprint density at radius 3 is 2.05 bits per heavy atom. The molecule has 3 N–H and O–H groups in total. The maximum atomic E-state index is 11.9. The molecule has 0 saturated carbocycles. The molecule has 1 atom stereocenters. The maximum Gasteiger partial charge on any atom is 0.332 e. The van der Waals surface area contributed by atoms with E-state index in [1.54, 1.807) is 0 Å². The molecule has 0 spiro atoms. The third-order valence-electron chi connectivity index (χ3n) is 2.56. The van der Waals surface area contributed by atoms with Crippen molar-refractivity contribution in [2.45, 2.75) is 22.3 Å².